The van der Waals surface area contributed by atoms with Crippen molar-refractivity contribution in [2.24, 2.45) is 0 Å². The molecule has 4 rings (SSSR count). The highest BCUT2D eigenvalue weighted by atomic mass is 32.2. The summed E-state index contributed by atoms with van der Waals surface area (Å²) in [4.78, 5) is 20.0. The topological polar surface area (TPSA) is 54.9 Å². The number of rotatable bonds is 1. The van der Waals surface area contributed by atoms with Crippen LogP contribution in [-0.4, -0.2) is 21.6 Å². The minimum Gasteiger partial charge on any atom is -0.309 e. The maximum absolute atomic E-state index is 13.3. The zero-order valence-electron chi connectivity index (χ0n) is 13.3. The summed E-state index contributed by atoms with van der Waals surface area (Å²) in [6.07, 6.45) is 0.527. The molecule has 0 saturated heterocycles. The highest BCUT2D eigenvalue weighted by Gasteiger charge is 2.18. The van der Waals surface area contributed by atoms with E-state index in [1.165, 1.54) is 28.1 Å². The van der Waals surface area contributed by atoms with Crippen LogP contribution in [0.1, 0.15) is 18.2 Å². The van der Waals surface area contributed by atoms with Crippen molar-refractivity contribution in [1.82, 2.24) is 9.97 Å². The number of thioether (sulfide) groups is 1. The van der Waals surface area contributed by atoms with E-state index in [4.69, 9.17) is 0 Å². The summed E-state index contributed by atoms with van der Waals surface area (Å²) in [5.41, 5.74) is 4.67. The highest BCUT2D eigenvalue weighted by molar-refractivity contribution is 8.00. The molecule has 2 aromatic heterocycles. The van der Waals surface area contributed by atoms with Crippen LogP contribution in [0.5, 0.6) is 0 Å². The van der Waals surface area contributed by atoms with Gasteiger partial charge >= 0.3 is 0 Å². The van der Waals surface area contributed by atoms with Crippen LogP contribution in [-0.2, 0) is 11.2 Å². The van der Waals surface area contributed by atoms with E-state index in [1.807, 2.05) is 12.4 Å². The number of pyridine rings is 1. The molecule has 24 heavy (non-hydrogen) atoms. The molecule has 0 bridgehead atoms. The van der Waals surface area contributed by atoms with Crippen LogP contribution >= 0.6 is 23.1 Å². The Kier molecular flexibility index (Phi) is 5.11. The Bertz CT molecular complexity index is 895. The number of halogens is 1. The van der Waals surface area contributed by atoms with Gasteiger partial charge in [0.2, 0.25) is 5.91 Å². The molecule has 0 saturated carbocycles. The van der Waals surface area contributed by atoms with Crippen molar-refractivity contribution < 1.29 is 9.18 Å². The quantitative estimate of drug-likeness (QED) is 0.696. The van der Waals surface area contributed by atoms with E-state index in [-0.39, 0.29) is 11.7 Å². The largest absolute Gasteiger partial charge is 0.309 e. The second kappa shape index (κ2) is 7.27. The normalized spacial score (nSPS) is 13.0. The average Bonchev–Trinajstić information content (AvgIpc) is 3.02. The Morgan fingerprint density at radius 1 is 1.33 bits per heavy atom. The van der Waals surface area contributed by atoms with Crippen LogP contribution in [0.4, 0.5) is 10.2 Å². The van der Waals surface area contributed by atoms with Gasteiger partial charge in [-0.25, -0.2) is 14.4 Å². The first-order valence-corrected chi connectivity index (χ1v) is 9.35. The molecule has 1 aliphatic heterocycles. The number of carbonyl (C=O) groups is 1. The van der Waals surface area contributed by atoms with Crippen LogP contribution in [0.25, 0.3) is 10.2 Å². The summed E-state index contributed by atoms with van der Waals surface area (Å²) in [5.74, 6) is 0.447. The molecule has 3 aromatic rings. The molecule has 124 valence electrons. The molecule has 1 N–H and O–H groups in total. The number of nitrogens with one attached hydrogen (secondary N) is 1. The van der Waals surface area contributed by atoms with Crippen molar-refractivity contribution in [2.45, 2.75) is 25.2 Å². The molecule has 4 nitrogen and oxygen atoms in total. The molecule has 0 aliphatic carbocycles. The van der Waals surface area contributed by atoms with E-state index < -0.39 is 0 Å². The summed E-state index contributed by atoms with van der Waals surface area (Å²) in [6, 6.07) is 7.76. The number of anilines is 1. The van der Waals surface area contributed by atoms with Crippen molar-refractivity contribution in [3.05, 3.63) is 46.9 Å². The lowest BCUT2D eigenvalue weighted by Gasteiger charge is -2.15. The lowest BCUT2D eigenvalue weighted by Crippen LogP contribution is -2.20. The minimum atomic E-state index is -0.296. The zero-order chi connectivity index (χ0) is 17.1. The van der Waals surface area contributed by atoms with Gasteiger partial charge in [-0.2, -0.15) is 0 Å². The number of amides is 1. The Balaban J connectivity index is 0.000000149. The fourth-order valence-electron chi connectivity index (χ4n) is 2.24. The van der Waals surface area contributed by atoms with Crippen molar-refractivity contribution >= 4 is 45.0 Å². The molecule has 1 aromatic carbocycles. The second-order valence-corrected chi connectivity index (χ2v) is 7.18. The highest BCUT2D eigenvalue weighted by Crippen LogP contribution is 2.31. The number of aromatic nitrogens is 2. The number of hydrogen-bond acceptors (Lipinski definition) is 5. The Labute approximate surface area is 147 Å². The Morgan fingerprint density at radius 3 is 2.96 bits per heavy atom. The van der Waals surface area contributed by atoms with Gasteiger partial charge in [-0.15, -0.1) is 23.1 Å². The van der Waals surface area contributed by atoms with Crippen LogP contribution < -0.4 is 5.32 Å². The van der Waals surface area contributed by atoms with Crippen molar-refractivity contribution in [3.8, 4) is 0 Å². The summed E-state index contributed by atoms with van der Waals surface area (Å²) in [6.45, 7) is 3.91. The first kappa shape index (κ1) is 16.9. The van der Waals surface area contributed by atoms with Gasteiger partial charge in [0.05, 0.1) is 32.1 Å². The number of benzene rings is 1. The van der Waals surface area contributed by atoms with Crippen LogP contribution in [0.2, 0.25) is 0 Å². The fraction of sp³-hybridized carbons (Fsp3) is 0.235. The molecule has 0 unspecified atom stereocenters. The maximum Gasteiger partial charge on any atom is 0.235 e. The number of hydrogen-bond donors (Lipinski definition) is 1. The number of carbonyl (C=O) groups excluding carboxylic acids is 1. The van der Waals surface area contributed by atoms with E-state index in [2.05, 4.69) is 40.4 Å². The molecule has 0 spiro atoms. The molecule has 0 atom stereocenters. The van der Waals surface area contributed by atoms with Crippen molar-refractivity contribution in [2.75, 3.05) is 11.1 Å². The molecule has 1 amide bonds. The number of fused-ring (bicyclic) bond motifs is 2. The van der Waals surface area contributed by atoms with Crippen molar-refractivity contribution in [1.29, 1.82) is 0 Å². The van der Waals surface area contributed by atoms with E-state index in [1.54, 1.807) is 11.3 Å². The van der Waals surface area contributed by atoms with Gasteiger partial charge < -0.3 is 5.32 Å². The first-order valence-electron chi connectivity index (χ1n) is 7.48. The van der Waals surface area contributed by atoms with Crippen LogP contribution in [0, 0.1) is 12.7 Å². The standard InChI is InChI=1S/C9H9FN2OS.C8H7NS/c1-2-6-5(10)3-7-9(11-6)12-8(13)4-14-7;1-6-2-3-8-7(4-6)9-5-10-8/h3H,2,4H2,1H3,(H,11,12,13);2-5H,1H3. The predicted molar refractivity (Wildman–Crippen MR) is 97.3 cm³/mol. The summed E-state index contributed by atoms with van der Waals surface area (Å²) in [7, 11) is 0. The maximum atomic E-state index is 13.3. The number of aryl methyl sites for hydroxylation is 2. The predicted octanol–water partition coefficient (Wildman–Crippen LogP) is 4.43. The first-order chi connectivity index (χ1) is 11.6. The monoisotopic (exact) mass is 361 g/mol. The van der Waals surface area contributed by atoms with E-state index in [0.29, 0.717) is 28.6 Å². The van der Waals surface area contributed by atoms with Crippen molar-refractivity contribution in [3.63, 3.8) is 0 Å². The molecule has 3 heterocycles. The minimum absolute atomic E-state index is 0.0799. The number of thiazole rings is 1. The summed E-state index contributed by atoms with van der Waals surface area (Å²) < 4.78 is 14.6. The zero-order valence-corrected chi connectivity index (χ0v) is 14.9. The van der Waals surface area contributed by atoms with E-state index in [0.717, 1.165) is 5.52 Å². The third-order valence-corrected chi connectivity index (χ3v) is 5.29. The van der Waals surface area contributed by atoms with Gasteiger partial charge in [0.25, 0.3) is 0 Å². The Hall–Kier alpha value is -1.99. The van der Waals surface area contributed by atoms with Gasteiger partial charge in [-0.3, -0.25) is 4.79 Å². The van der Waals surface area contributed by atoms with Gasteiger partial charge in [0.1, 0.15) is 11.6 Å². The molecular formula is C17H16FN3OS2. The summed E-state index contributed by atoms with van der Waals surface area (Å²) in [5, 5.41) is 2.62. The lowest BCUT2D eigenvalue weighted by molar-refractivity contribution is -0.113. The number of nitrogens with zero attached hydrogens (tertiary/aromatic N) is 2. The van der Waals surface area contributed by atoms with Gasteiger partial charge in [-0.05, 0) is 37.1 Å². The van der Waals surface area contributed by atoms with Gasteiger partial charge in [-0.1, -0.05) is 13.0 Å². The third-order valence-electron chi connectivity index (χ3n) is 3.45. The SMILES string of the molecule is CCc1nc2c(cc1F)SCC(=O)N2.Cc1ccc2scnc2c1. The average molecular weight is 361 g/mol. The summed E-state index contributed by atoms with van der Waals surface area (Å²) >= 11 is 3.00. The molecule has 0 fully saturated rings. The van der Waals surface area contributed by atoms with Gasteiger partial charge in [0.15, 0.2) is 0 Å². The van der Waals surface area contributed by atoms with Crippen LogP contribution in [0.15, 0.2) is 34.7 Å². The molecular weight excluding hydrogens is 345 g/mol. The third kappa shape index (κ3) is 3.73. The smallest absolute Gasteiger partial charge is 0.235 e. The lowest BCUT2D eigenvalue weighted by atomic mass is 10.2. The molecule has 7 heteroatoms. The second-order valence-electron chi connectivity index (χ2n) is 5.28. The molecule has 0 radical (unpaired) electrons. The van der Waals surface area contributed by atoms with E-state index >= 15 is 0 Å². The Morgan fingerprint density at radius 2 is 2.17 bits per heavy atom. The van der Waals surface area contributed by atoms with Gasteiger partial charge in [0, 0.05) is 0 Å². The fourth-order valence-corrected chi connectivity index (χ4v) is 3.67. The molecule has 1 aliphatic rings. The van der Waals surface area contributed by atoms with Crippen LogP contribution in [0.3, 0.4) is 0 Å². The van der Waals surface area contributed by atoms with E-state index in [9.17, 15) is 9.18 Å².